The number of hydrogen-bond donors (Lipinski definition) is 2. The smallest absolute Gasteiger partial charge is 0.339 e. The van der Waals surface area contributed by atoms with Crippen molar-refractivity contribution in [2.45, 2.75) is 13.0 Å². The summed E-state index contributed by atoms with van der Waals surface area (Å²) in [4.78, 5) is 14.9. The number of carboxylic acids is 1. The summed E-state index contributed by atoms with van der Waals surface area (Å²) in [5.74, 6) is 0.392. The van der Waals surface area contributed by atoms with E-state index in [4.69, 9.17) is 5.11 Å². The fraction of sp³-hybridized carbons (Fsp3) is 0.400. The Hall–Kier alpha value is -1.23. The molecule has 15 heavy (non-hydrogen) atoms. The van der Waals surface area contributed by atoms with Crippen LogP contribution in [0, 0.1) is 0 Å². The van der Waals surface area contributed by atoms with E-state index in [2.05, 4.69) is 10.3 Å². The minimum absolute atomic E-state index is 0.202. The molecule has 0 bridgehead atoms. The zero-order valence-electron chi connectivity index (χ0n) is 8.73. The number of aromatic nitrogens is 1. The van der Waals surface area contributed by atoms with Crippen molar-refractivity contribution in [3.8, 4) is 0 Å². The zero-order valence-corrected chi connectivity index (χ0v) is 9.54. The molecule has 0 amide bonds. The van der Waals surface area contributed by atoms with Crippen LogP contribution in [0.25, 0.3) is 0 Å². The van der Waals surface area contributed by atoms with Gasteiger partial charge in [-0.15, -0.1) is 0 Å². The maximum absolute atomic E-state index is 10.9. The molecule has 1 atom stereocenters. The normalized spacial score (nSPS) is 12.1. The van der Waals surface area contributed by atoms with Gasteiger partial charge < -0.3 is 10.4 Å². The molecular formula is C10H14N2O2S. The molecule has 2 N–H and O–H groups in total. The third-order valence-electron chi connectivity index (χ3n) is 1.84. The van der Waals surface area contributed by atoms with Gasteiger partial charge in [-0.2, -0.15) is 11.8 Å². The van der Waals surface area contributed by atoms with Crippen molar-refractivity contribution < 1.29 is 9.90 Å². The number of hydrogen-bond acceptors (Lipinski definition) is 4. The number of pyridine rings is 1. The number of carboxylic acid groups (broad SMARTS) is 1. The SMILES string of the molecule is CSCC(C)Nc1ncccc1C(=O)O. The lowest BCUT2D eigenvalue weighted by molar-refractivity contribution is 0.0697. The fourth-order valence-corrected chi connectivity index (χ4v) is 1.80. The van der Waals surface area contributed by atoms with Crippen LogP contribution in [0.1, 0.15) is 17.3 Å². The first-order chi connectivity index (χ1) is 7.15. The van der Waals surface area contributed by atoms with E-state index < -0.39 is 5.97 Å². The third kappa shape index (κ3) is 3.43. The van der Waals surface area contributed by atoms with E-state index in [-0.39, 0.29) is 11.6 Å². The number of anilines is 1. The molecule has 0 aliphatic rings. The van der Waals surface area contributed by atoms with Crippen LogP contribution < -0.4 is 5.32 Å². The quantitative estimate of drug-likeness (QED) is 0.803. The van der Waals surface area contributed by atoms with Gasteiger partial charge >= 0.3 is 5.97 Å². The predicted molar refractivity (Wildman–Crippen MR) is 62.7 cm³/mol. The van der Waals surface area contributed by atoms with Crippen LogP contribution in [0.2, 0.25) is 0 Å². The van der Waals surface area contributed by atoms with Crippen LogP contribution >= 0.6 is 11.8 Å². The number of thioether (sulfide) groups is 1. The summed E-state index contributed by atoms with van der Waals surface area (Å²) in [6.45, 7) is 2.00. The van der Waals surface area contributed by atoms with Gasteiger partial charge in [-0.25, -0.2) is 9.78 Å². The molecule has 1 aromatic heterocycles. The molecule has 0 radical (unpaired) electrons. The van der Waals surface area contributed by atoms with Crippen molar-refractivity contribution in [1.82, 2.24) is 4.98 Å². The van der Waals surface area contributed by atoms with Gasteiger partial charge in [-0.3, -0.25) is 0 Å². The minimum Gasteiger partial charge on any atom is -0.478 e. The minimum atomic E-state index is -0.957. The van der Waals surface area contributed by atoms with Crippen molar-refractivity contribution in [1.29, 1.82) is 0 Å². The Morgan fingerprint density at radius 1 is 1.73 bits per heavy atom. The van der Waals surface area contributed by atoms with E-state index in [9.17, 15) is 4.79 Å². The fourth-order valence-electron chi connectivity index (χ4n) is 1.22. The molecule has 1 heterocycles. The second kappa shape index (κ2) is 5.60. The molecule has 0 spiro atoms. The molecule has 4 nitrogen and oxygen atoms in total. The molecule has 1 aromatic rings. The van der Waals surface area contributed by atoms with Gasteiger partial charge in [0.05, 0.1) is 0 Å². The van der Waals surface area contributed by atoms with Gasteiger partial charge in [0.1, 0.15) is 11.4 Å². The van der Waals surface area contributed by atoms with Gasteiger partial charge in [-0.1, -0.05) is 0 Å². The highest BCUT2D eigenvalue weighted by atomic mass is 32.2. The Morgan fingerprint density at radius 3 is 3.07 bits per heavy atom. The summed E-state index contributed by atoms with van der Waals surface area (Å²) in [6.07, 6.45) is 3.59. The number of rotatable bonds is 5. The Morgan fingerprint density at radius 2 is 2.47 bits per heavy atom. The Bertz CT molecular complexity index is 344. The first-order valence-electron chi connectivity index (χ1n) is 4.59. The molecule has 5 heteroatoms. The van der Waals surface area contributed by atoms with Crippen molar-refractivity contribution >= 4 is 23.5 Å². The summed E-state index contributed by atoms with van der Waals surface area (Å²) in [5, 5.41) is 12.0. The van der Waals surface area contributed by atoms with Crippen molar-refractivity contribution in [3.05, 3.63) is 23.9 Å². The first-order valence-corrected chi connectivity index (χ1v) is 5.98. The standard InChI is InChI=1S/C10H14N2O2S/c1-7(6-15-2)12-9-8(10(13)14)4-3-5-11-9/h3-5,7H,6H2,1-2H3,(H,11,12)(H,13,14). The average molecular weight is 226 g/mol. The number of nitrogens with zero attached hydrogens (tertiary/aromatic N) is 1. The van der Waals surface area contributed by atoms with Crippen LogP contribution in [0.5, 0.6) is 0 Å². The number of nitrogens with one attached hydrogen (secondary N) is 1. The second-order valence-corrected chi connectivity index (χ2v) is 4.12. The highest BCUT2D eigenvalue weighted by Gasteiger charge is 2.11. The van der Waals surface area contributed by atoms with Gasteiger partial charge in [0.25, 0.3) is 0 Å². The maximum Gasteiger partial charge on any atom is 0.339 e. The number of aromatic carboxylic acids is 1. The predicted octanol–water partition coefficient (Wildman–Crippen LogP) is 1.94. The molecule has 0 fully saturated rings. The van der Waals surface area contributed by atoms with E-state index in [1.165, 1.54) is 0 Å². The van der Waals surface area contributed by atoms with Crippen molar-refractivity contribution in [2.75, 3.05) is 17.3 Å². The van der Waals surface area contributed by atoms with Crippen molar-refractivity contribution in [2.24, 2.45) is 0 Å². The van der Waals surface area contributed by atoms with Crippen LogP contribution in [-0.4, -0.2) is 34.1 Å². The first kappa shape index (κ1) is 11.8. The van der Waals surface area contributed by atoms with Gasteiger partial charge in [0.15, 0.2) is 0 Å². The van der Waals surface area contributed by atoms with E-state index in [0.29, 0.717) is 5.82 Å². The largest absolute Gasteiger partial charge is 0.478 e. The highest BCUT2D eigenvalue weighted by Crippen LogP contribution is 2.13. The van der Waals surface area contributed by atoms with E-state index in [0.717, 1.165) is 5.75 Å². The molecule has 82 valence electrons. The van der Waals surface area contributed by atoms with E-state index in [1.54, 1.807) is 30.1 Å². The maximum atomic E-state index is 10.9. The van der Waals surface area contributed by atoms with Crippen molar-refractivity contribution in [3.63, 3.8) is 0 Å². The molecule has 1 unspecified atom stereocenters. The Kier molecular flexibility index (Phi) is 4.42. The summed E-state index contributed by atoms with van der Waals surface area (Å²) < 4.78 is 0. The second-order valence-electron chi connectivity index (χ2n) is 3.21. The van der Waals surface area contributed by atoms with Gasteiger partial charge in [0.2, 0.25) is 0 Å². The molecule has 0 aromatic carbocycles. The lowest BCUT2D eigenvalue weighted by atomic mass is 10.2. The molecule has 0 aliphatic heterocycles. The third-order valence-corrected chi connectivity index (χ3v) is 2.67. The zero-order chi connectivity index (χ0) is 11.3. The van der Waals surface area contributed by atoms with Crippen LogP contribution in [0.15, 0.2) is 18.3 Å². The van der Waals surface area contributed by atoms with Crippen LogP contribution in [-0.2, 0) is 0 Å². The molecule has 1 rings (SSSR count). The molecule has 0 saturated heterocycles. The summed E-state index contributed by atoms with van der Waals surface area (Å²) in [5.41, 5.74) is 0.213. The van der Waals surface area contributed by atoms with E-state index in [1.807, 2.05) is 13.2 Å². The highest BCUT2D eigenvalue weighted by molar-refractivity contribution is 7.98. The lowest BCUT2D eigenvalue weighted by Crippen LogP contribution is -2.20. The van der Waals surface area contributed by atoms with Gasteiger partial charge in [0, 0.05) is 18.0 Å². The van der Waals surface area contributed by atoms with Gasteiger partial charge in [-0.05, 0) is 25.3 Å². The lowest BCUT2D eigenvalue weighted by Gasteiger charge is -2.14. The van der Waals surface area contributed by atoms with Crippen LogP contribution in [0.3, 0.4) is 0 Å². The monoisotopic (exact) mass is 226 g/mol. The molecular weight excluding hydrogens is 212 g/mol. The van der Waals surface area contributed by atoms with Crippen LogP contribution in [0.4, 0.5) is 5.82 Å². The van der Waals surface area contributed by atoms with E-state index >= 15 is 0 Å². The number of carbonyl (C=O) groups is 1. The summed E-state index contributed by atoms with van der Waals surface area (Å²) >= 11 is 1.71. The molecule has 0 aliphatic carbocycles. The summed E-state index contributed by atoms with van der Waals surface area (Å²) in [6, 6.07) is 3.37. The average Bonchev–Trinajstić information content (AvgIpc) is 2.18. The Labute approximate surface area is 93.1 Å². The molecule has 0 saturated carbocycles. The summed E-state index contributed by atoms with van der Waals surface area (Å²) in [7, 11) is 0. The Balaban J connectivity index is 2.79. The topological polar surface area (TPSA) is 62.2 Å².